The topological polar surface area (TPSA) is 69.9 Å². The van der Waals surface area contributed by atoms with E-state index >= 15 is 0 Å². The molecule has 2 aliphatic heterocycles. The van der Waals surface area contributed by atoms with Crippen molar-refractivity contribution in [2.24, 2.45) is 5.73 Å². The lowest BCUT2D eigenvalue weighted by molar-refractivity contribution is 0.0773. The summed E-state index contributed by atoms with van der Waals surface area (Å²) in [6, 6.07) is 23.7. The van der Waals surface area contributed by atoms with Crippen LogP contribution in [0.2, 0.25) is 0 Å². The Bertz CT molecular complexity index is 1280. The van der Waals surface area contributed by atoms with Gasteiger partial charge in [-0.3, -0.25) is 4.79 Å². The average molecular weight is 467 g/mol. The number of urea groups is 1. The quantitative estimate of drug-likeness (QED) is 0.608. The molecule has 1 atom stereocenters. The van der Waals surface area contributed by atoms with E-state index in [0.717, 1.165) is 34.4 Å². The first-order chi connectivity index (χ1) is 16.9. The molecule has 35 heavy (non-hydrogen) atoms. The van der Waals surface area contributed by atoms with Gasteiger partial charge in [-0.2, -0.15) is 0 Å². The van der Waals surface area contributed by atoms with Gasteiger partial charge in [-0.1, -0.05) is 54.6 Å². The minimum absolute atomic E-state index is 0.0624. The molecule has 0 radical (unpaired) electrons. The van der Waals surface area contributed by atoms with Crippen LogP contribution in [0, 0.1) is 0 Å². The summed E-state index contributed by atoms with van der Waals surface area (Å²) in [6.45, 7) is 1.81. The third-order valence-electron chi connectivity index (χ3n) is 7.01. The van der Waals surface area contributed by atoms with Crippen LogP contribution >= 0.6 is 0 Å². The molecular weight excluding hydrogens is 436 g/mol. The van der Waals surface area contributed by atoms with Crippen LogP contribution in [-0.2, 0) is 6.54 Å². The Morgan fingerprint density at radius 3 is 2.29 bits per heavy atom. The molecule has 3 aromatic rings. The average Bonchev–Trinajstić information content (AvgIpc) is 3.29. The normalized spacial score (nSPS) is 17.1. The highest BCUT2D eigenvalue weighted by molar-refractivity contribution is 5.95. The summed E-state index contributed by atoms with van der Waals surface area (Å²) in [6.07, 6.45) is 2.95. The fraction of sp³-hybridized carbons (Fsp3) is 0.241. The number of nitrogens with zero attached hydrogens (tertiary/aromatic N) is 3. The number of primary amides is 1. The van der Waals surface area contributed by atoms with Crippen LogP contribution in [0.15, 0.2) is 78.9 Å². The van der Waals surface area contributed by atoms with Gasteiger partial charge in [-0.25, -0.2) is 4.79 Å². The van der Waals surface area contributed by atoms with Gasteiger partial charge in [0.15, 0.2) is 0 Å². The number of rotatable bonds is 4. The number of amides is 3. The predicted molar refractivity (Wildman–Crippen MR) is 139 cm³/mol. The molecule has 0 saturated carbocycles. The van der Waals surface area contributed by atoms with E-state index in [1.807, 2.05) is 60.3 Å². The van der Waals surface area contributed by atoms with Gasteiger partial charge >= 0.3 is 6.03 Å². The molecule has 5 rings (SSSR count). The highest BCUT2D eigenvalue weighted by Gasteiger charge is 2.33. The molecular formula is C29H30N4O2. The van der Waals surface area contributed by atoms with Gasteiger partial charge in [0.25, 0.3) is 5.91 Å². The lowest BCUT2D eigenvalue weighted by Gasteiger charge is -2.27. The Hall–Kier alpha value is -4.06. The minimum atomic E-state index is -0.411. The van der Waals surface area contributed by atoms with Crippen LogP contribution in [0.1, 0.15) is 45.1 Å². The van der Waals surface area contributed by atoms with Gasteiger partial charge in [0.2, 0.25) is 0 Å². The molecule has 0 aliphatic carbocycles. The van der Waals surface area contributed by atoms with Crippen molar-refractivity contribution in [3.8, 4) is 0 Å². The van der Waals surface area contributed by atoms with Gasteiger partial charge in [-0.05, 0) is 58.5 Å². The molecule has 6 nitrogen and oxygen atoms in total. The van der Waals surface area contributed by atoms with E-state index in [1.54, 1.807) is 4.90 Å². The van der Waals surface area contributed by atoms with E-state index < -0.39 is 6.03 Å². The van der Waals surface area contributed by atoms with Crippen molar-refractivity contribution >= 4 is 23.2 Å². The first-order valence-corrected chi connectivity index (χ1v) is 11.9. The molecule has 178 valence electrons. The van der Waals surface area contributed by atoms with Crippen LogP contribution in [-0.4, -0.2) is 48.9 Å². The van der Waals surface area contributed by atoms with Crippen molar-refractivity contribution in [2.45, 2.75) is 19.0 Å². The molecule has 3 aromatic carbocycles. The highest BCUT2D eigenvalue weighted by atomic mass is 16.2. The van der Waals surface area contributed by atoms with E-state index in [2.05, 4.69) is 42.5 Å². The Kier molecular flexibility index (Phi) is 6.03. The van der Waals surface area contributed by atoms with E-state index in [-0.39, 0.29) is 11.9 Å². The third-order valence-corrected chi connectivity index (χ3v) is 7.01. The van der Waals surface area contributed by atoms with Crippen molar-refractivity contribution in [3.05, 3.63) is 107 Å². The number of fused-ring (bicyclic) bond motifs is 1. The molecule has 0 fully saturated rings. The summed E-state index contributed by atoms with van der Waals surface area (Å²) in [4.78, 5) is 30.7. The number of carbonyl (C=O) groups excluding carboxylic acids is 2. The van der Waals surface area contributed by atoms with E-state index in [1.165, 1.54) is 5.57 Å². The van der Waals surface area contributed by atoms with E-state index in [0.29, 0.717) is 25.2 Å². The van der Waals surface area contributed by atoms with Crippen LogP contribution in [0.4, 0.5) is 10.5 Å². The maximum absolute atomic E-state index is 12.9. The van der Waals surface area contributed by atoms with Gasteiger partial charge in [-0.15, -0.1) is 0 Å². The van der Waals surface area contributed by atoms with Crippen molar-refractivity contribution in [2.75, 3.05) is 32.1 Å². The number of nitrogens with two attached hydrogens (primary N) is 1. The number of hydrogen-bond donors (Lipinski definition) is 1. The second-order valence-electron chi connectivity index (χ2n) is 9.36. The summed E-state index contributed by atoms with van der Waals surface area (Å²) in [5, 5.41) is 0. The maximum atomic E-state index is 12.9. The highest BCUT2D eigenvalue weighted by Crippen LogP contribution is 2.38. The molecule has 1 unspecified atom stereocenters. The Morgan fingerprint density at radius 1 is 0.943 bits per heavy atom. The molecule has 2 N–H and O–H groups in total. The molecule has 0 bridgehead atoms. The van der Waals surface area contributed by atoms with Crippen molar-refractivity contribution in [3.63, 3.8) is 0 Å². The van der Waals surface area contributed by atoms with Crippen LogP contribution < -0.4 is 10.6 Å². The van der Waals surface area contributed by atoms with Gasteiger partial charge < -0.3 is 20.4 Å². The smallest absolute Gasteiger partial charge is 0.315 e. The summed E-state index contributed by atoms with van der Waals surface area (Å²) >= 11 is 0. The monoisotopic (exact) mass is 466 g/mol. The first-order valence-electron chi connectivity index (χ1n) is 11.9. The third kappa shape index (κ3) is 4.39. The van der Waals surface area contributed by atoms with Gasteiger partial charge in [0, 0.05) is 45.0 Å². The molecule has 2 heterocycles. The first kappa shape index (κ1) is 22.7. The Labute approximate surface area is 206 Å². The number of benzene rings is 3. The number of carbonyl (C=O) groups is 2. The predicted octanol–water partition coefficient (Wildman–Crippen LogP) is 4.67. The molecule has 0 aromatic heterocycles. The van der Waals surface area contributed by atoms with Crippen LogP contribution in [0.5, 0.6) is 0 Å². The van der Waals surface area contributed by atoms with E-state index in [4.69, 9.17) is 5.73 Å². The maximum Gasteiger partial charge on any atom is 0.315 e. The zero-order chi connectivity index (χ0) is 24.5. The Morgan fingerprint density at radius 2 is 1.66 bits per heavy atom. The van der Waals surface area contributed by atoms with Gasteiger partial charge in [0.1, 0.15) is 0 Å². The zero-order valence-electron chi connectivity index (χ0n) is 20.1. The Balaban J connectivity index is 1.30. The fourth-order valence-corrected chi connectivity index (χ4v) is 5.03. The molecule has 0 spiro atoms. The van der Waals surface area contributed by atoms with Crippen LogP contribution in [0.3, 0.4) is 0 Å². The minimum Gasteiger partial charge on any atom is -0.378 e. The SMILES string of the molecule is CN(C)c1ccc(C(=O)N2CC=C(c3ccc(C4c5ccccc5CN4C(N)=O)cc3)CC2)cc1. The van der Waals surface area contributed by atoms with Crippen molar-refractivity contribution < 1.29 is 9.59 Å². The second-order valence-corrected chi connectivity index (χ2v) is 9.36. The summed E-state index contributed by atoms with van der Waals surface area (Å²) in [5.74, 6) is 0.0624. The van der Waals surface area contributed by atoms with Crippen molar-refractivity contribution in [1.29, 1.82) is 0 Å². The zero-order valence-corrected chi connectivity index (χ0v) is 20.1. The fourth-order valence-electron chi connectivity index (χ4n) is 5.03. The van der Waals surface area contributed by atoms with Crippen LogP contribution in [0.25, 0.3) is 5.57 Å². The van der Waals surface area contributed by atoms with E-state index in [9.17, 15) is 9.59 Å². The molecule has 2 aliphatic rings. The largest absolute Gasteiger partial charge is 0.378 e. The summed E-state index contributed by atoms with van der Waals surface area (Å²) in [5.41, 5.74) is 13.2. The second kappa shape index (κ2) is 9.29. The summed E-state index contributed by atoms with van der Waals surface area (Å²) in [7, 11) is 3.97. The molecule has 3 amide bonds. The summed E-state index contributed by atoms with van der Waals surface area (Å²) < 4.78 is 0. The lowest BCUT2D eigenvalue weighted by atomic mass is 9.94. The lowest BCUT2D eigenvalue weighted by Crippen LogP contribution is -2.35. The standard InChI is InChI=1S/C29H30N4O2/c1-31(2)25-13-11-23(12-14-25)28(34)32-17-15-21(16-18-32)20-7-9-22(10-8-20)27-26-6-4-3-5-24(26)19-33(27)29(30)35/h3-15,27H,16-19H2,1-2H3,(H2,30,35). The molecule has 6 heteroatoms. The number of anilines is 1. The van der Waals surface area contributed by atoms with Crippen molar-refractivity contribution in [1.82, 2.24) is 9.80 Å². The number of hydrogen-bond acceptors (Lipinski definition) is 3. The van der Waals surface area contributed by atoms with Gasteiger partial charge in [0.05, 0.1) is 6.04 Å². The molecule has 0 saturated heterocycles.